The minimum absolute atomic E-state index is 0.0364. The molecular formula is C21H21BrN4O3S. The highest BCUT2D eigenvalue weighted by molar-refractivity contribution is 9.10. The molecule has 7 nitrogen and oxygen atoms in total. The first-order chi connectivity index (χ1) is 14.6. The second kappa shape index (κ2) is 9.09. The highest BCUT2D eigenvalue weighted by Crippen LogP contribution is 2.42. The van der Waals surface area contributed by atoms with E-state index in [1.54, 1.807) is 23.9 Å². The van der Waals surface area contributed by atoms with Gasteiger partial charge in [0, 0.05) is 22.6 Å². The number of aromatic hydroxyl groups is 1. The van der Waals surface area contributed by atoms with Gasteiger partial charge in [-0.05, 0) is 40.5 Å². The van der Waals surface area contributed by atoms with Gasteiger partial charge in [-0.1, -0.05) is 43.3 Å². The second-order valence-electron chi connectivity index (χ2n) is 6.69. The summed E-state index contributed by atoms with van der Waals surface area (Å²) in [4.78, 5) is 4.64. The van der Waals surface area contributed by atoms with E-state index < -0.39 is 6.23 Å². The zero-order chi connectivity index (χ0) is 21.1. The fourth-order valence-corrected chi connectivity index (χ4v) is 4.39. The lowest BCUT2D eigenvalue weighted by molar-refractivity contribution is 0.224. The molecule has 1 aliphatic rings. The molecule has 0 spiro atoms. The number of halogens is 1. The highest BCUT2D eigenvalue weighted by atomic mass is 79.9. The molecule has 9 heteroatoms. The number of hydrogen-bond donors (Lipinski definition) is 2. The van der Waals surface area contributed by atoms with Crippen molar-refractivity contribution in [3.05, 3.63) is 46.4 Å². The molecule has 1 atom stereocenters. The van der Waals surface area contributed by atoms with Gasteiger partial charge in [0.2, 0.25) is 11.0 Å². The van der Waals surface area contributed by atoms with Gasteiger partial charge in [0.05, 0.1) is 11.6 Å². The van der Waals surface area contributed by atoms with Crippen LogP contribution in [-0.2, 0) is 0 Å². The summed E-state index contributed by atoms with van der Waals surface area (Å²) < 4.78 is 12.1. The van der Waals surface area contributed by atoms with Crippen molar-refractivity contribution < 1.29 is 14.6 Å². The molecule has 0 radical (unpaired) electrons. The SMILES string of the molecule is CCCCSc1nnc2c(n1)O[C@H](c1cc(Br)c(O)c(OC)c1)Nc1ccccc1-2. The number of unbranched alkanes of at least 4 members (excludes halogenated alkanes) is 1. The molecule has 0 saturated carbocycles. The van der Waals surface area contributed by atoms with Crippen LogP contribution in [0.4, 0.5) is 5.69 Å². The number of phenolic OH excluding ortho intramolecular Hbond substituents is 1. The van der Waals surface area contributed by atoms with Crippen LogP contribution in [-0.4, -0.2) is 33.2 Å². The largest absolute Gasteiger partial charge is 0.503 e. The molecule has 156 valence electrons. The van der Waals surface area contributed by atoms with Gasteiger partial charge < -0.3 is 19.9 Å². The first-order valence-electron chi connectivity index (χ1n) is 9.57. The lowest BCUT2D eigenvalue weighted by Gasteiger charge is -2.20. The van der Waals surface area contributed by atoms with Crippen LogP contribution in [0.5, 0.6) is 17.4 Å². The predicted octanol–water partition coefficient (Wildman–Crippen LogP) is 5.41. The van der Waals surface area contributed by atoms with E-state index in [4.69, 9.17) is 9.47 Å². The maximum Gasteiger partial charge on any atom is 0.247 e. The predicted molar refractivity (Wildman–Crippen MR) is 120 cm³/mol. The van der Waals surface area contributed by atoms with Gasteiger partial charge in [-0.2, -0.15) is 4.98 Å². The Hall–Kier alpha value is -2.52. The maximum absolute atomic E-state index is 10.2. The molecule has 0 amide bonds. The van der Waals surface area contributed by atoms with Crippen molar-refractivity contribution in [2.45, 2.75) is 31.1 Å². The summed E-state index contributed by atoms with van der Waals surface area (Å²) in [5.41, 5.74) is 3.07. The molecule has 1 aliphatic heterocycles. The van der Waals surface area contributed by atoms with E-state index in [0.717, 1.165) is 35.4 Å². The van der Waals surface area contributed by atoms with E-state index in [0.29, 0.717) is 27.0 Å². The number of hydrogen-bond acceptors (Lipinski definition) is 8. The molecule has 0 aliphatic carbocycles. The third kappa shape index (κ3) is 4.17. The van der Waals surface area contributed by atoms with Crippen molar-refractivity contribution in [3.8, 4) is 28.6 Å². The third-order valence-electron chi connectivity index (χ3n) is 4.64. The number of phenols is 1. The van der Waals surface area contributed by atoms with E-state index in [1.165, 1.54) is 7.11 Å². The summed E-state index contributed by atoms with van der Waals surface area (Å²) >= 11 is 4.95. The summed E-state index contributed by atoms with van der Waals surface area (Å²) in [6.45, 7) is 2.15. The number of fused-ring (bicyclic) bond motifs is 3. The average molecular weight is 489 g/mol. The van der Waals surface area contributed by atoms with E-state index in [1.807, 2.05) is 24.3 Å². The van der Waals surface area contributed by atoms with Gasteiger partial charge in [0.15, 0.2) is 23.4 Å². The number of para-hydroxylation sites is 1. The first-order valence-corrected chi connectivity index (χ1v) is 11.3. The van der Waals surface area contributed by atoms with Crippen LogP contribution >= 0.6 is 27.7 Å². The normalized spacial score (nSPS) is 14.7. The van der Waals surface area contributed by atoms with Gasteiger partial charge >= 0.3 is 0 Å². The minimum Gasteiger partial charge on any atom is -0.503 e. The van der Waals surface area contributed by atoms with Gasteiger partial charge in [0.25, 0.3) is 0 Å². The Labute approximate surface area is 187 Å². The van der Waals surface area contributed by atoms with Crippen LogP contribution in [0.1, 0.15) is 31.6 Å². The summed E-state index contributed by atoms with van der Waals surface area (Å²) in [5, 5.41) is 22.9. The second-order valence-corrected chi connectivity index (χ2v) is 8.61. The van der Waals surface area contributed by atoms with Crippen molar-refractivity contribution in [2.75, 3.05) is 18.2 Å². The minimum atomic E-state index is -0.566. The maximum atomic E-state index is 10.2. The molecule has 0 fully saturated rings. The molecular weight excluding hydrogens is 468 g/mol. The number of ether oxygens (including phenoxy) is 2. The van der Waals surface area contributed by atoms with Crippen molar-refractivity contribution in [1.82, 2.24) is 15.2 Å². The number of anilines is 1. The number of nitrogens with one attached hydrogen (secondary N) is 1. The van der Waals surface area contributed by atoms with Crippen LogP contribution < -0.4 is 14.8 Å². The molecule has 0 bridgehead atoms. The van der Waals surface area contributed by atoms with Crippen molar-refractivity contribution in [1.29, 1.82) is 0 Å². The molecule has 2 N–H and O–H groups in total. The number of nitrogens with zero attached hydrogens (tertiary/aromatic N) is 3. The fraction of sp³-hybridized carbons (Fsp3) is 0.286. The number of thioether (sulfide) groups is 1. The van der Waals surface area contributed by atoms with Crippen LogP contribution in [0, 0.1) is 0 Å². The molecule has 2 heterocycles. The molecule has 3 aromatic rings. The smallest absolute Gasteiger partial charge is 0.247 e. The van der Waals surface area contributed by atoms with Gasteiger partial charge in [-0.3, -0.25) is 0 Å². The Morgan fingerprint density at radius 3 is 2.90 bits per heavy atom. The van der Waals surface area contributed by atoms with Gasteiger partial charge in [-0.25, -0.2) is 0 Å². The van der Waals surface area contributed by atoms with Crippen LogP contribution in [0.3, 0.4) is 0 Å². The number of methoxy groups -OCH3 is 1. The Morgan fingerprint density at radius 2 is 2.10 bits per heavy atom. The van der Waals surface area contributed by atoms with E-state index in [-0.39, 0.29) is 5.75 Å². The summed E-state index contributed by atoms with van der Waals surface area (Å²) in [7, 11) is 1.51. The van der Waals surface area contributed by atoms with Gasteiger partial charge in [-0.15, -0.1) is 10.2 Å². The molecule has 4 rings (SSSR count). The fourth-order valence-electron chi connectivity index (χ4n) is 3.07. The molecule has 30 heavy (non-hydrogen) atoms. The lowest BCUT2D eigenvalue weighted by Crippen LogP contribution is -2.17. The third-order valence-corrected chi connectivity index (χ3v) is 6.16. The molecule has 0 saturated heterocycles. The Bertz CT molecular complexity index is 1070. The van der Waals surface area contributed by atoms with E-state index in [9.17, 15) is 5.11 Å². The molecule has 1 aromatic heterocycles. The highest BCUT2D eigenvalue weighted by Gasteiger charge is 2.27. The number of aromatic nitrogens is 3. The molecule has 0 unspecified atom stereocenters. The van der Waals surface area contributed by atoms with E-state index >= 15 is 0 Å². The van der Waals surface area contributed by atoms with Crippen molar-refractivity contribution >= 4 is 33.4 Å². The average Bonchev–Trinajstić information content (AvgIpc) is 2.92. The summed E-state index contributed by atoms with van der Waals surface area (Å²) in [6.07, 6.45) is 1.63. The monoisotopic (exact) mass is 488 g/mol. The van der Waals surface area contributed by atoms with Crippen molar-refractivity contribution in [3.63, 3.8) is 0 Å². The Morgan fingerprint density at radius 1 is 1.27 bits per heavy atom. The van der Waals surface area contributed by atoms with Gasteiger partial charge in [0.1, 0.15) is 0 Å². The topological polar surface area (TPSA) is 89.4 Å². The molecule has 2 aromatic carbocycles. The quantitative estimate of drug-likeness (QED) is 0.351. The van der Waals surface area contributed by atoms with Crippen LogP contribution in [0.15, 0.2) is 46.0 Å². The zero-order valence-electron chi connectivity index (χ0n) is 16.6. The lowest BCUT2D eigenvalue weighted by atomic mass is 10.1. The van der Waals surface area contributed by atoms with Crippen LogP contribution in [0.25, 0.3) is 11.3 Å². The zero-order valence-corrected chi connectivity index (χ0v) is 19.0. The number of benzene rings is 2. The Kier molecular flexibility index (Phi) is 6.29. The van der Waals surface area contributed by atoms with Crippen molar-refractivity contribution in [2.24, 2.45) is 0 Å². The van der Waals surface area contributed by atoms with E-state index in [2.05, 4.69) is 43.4 Å². The standard InChI is InChI=1S/C21H21BrN4O3S/c1-3-4-9-30-21-24-20-17(25-26-21)13-7-5-6-8-15(13)23-19(29-20)12-10-14(22)18(27)16(11-12)28-2/h5-8,10-11,19,23,27H,3-4,9H2,1-2H3/t19-/m1/s1. The Balaban J connectivity index is 1.77. The summed E-state index contributed by atoms with van der Waals surface area (Å²) in [5.74, 6) is 1.72. The summed E-state index contributed by atoms with van der Waals surface area (Å²) in [6, 6.07) is 11.3. The van der Waals surface area contributed by atoms with Crippen LogP contribution in [0.2, 0.25) is 0 Å². The first kappa shape index (κ1) is 20.7. The number of rotatable bonds is 6.